The predicted molar refractivity (Wildman–Crippen MR) is 89.6 cm³/mol. The first-order chi connectivity index (χ1) is 10.2. The number of hydrogen-bond acceptors (Lipinski definition) is 3. The zero-order valence-corrected chi connectivity index (χ0v) is 13.9. The van der Waals surface area contributed by atoms with Crippen LogP contribution in [0, 0.1) is 5.92 Å². The fourth-order valence-electron chi connectivity index (χ4n) is 2.83. The maximum absolute atomic E-state index is 12.6. The van der Waals surface area contributed by atoms with Crippen LogP contribution < -0.4 is 10.6 Å². The molecule has 1 unspecified atom stereocenters. The second-order valence-electron chi connectivity index (χ2n) is 5.48. The summed E-state index contributed by atoms with van der Waals surface area (Å²) in [5.74, 6) is 0.354. The Morgan fingerprint density at radius 3 is 2.68 bits per heavy atom. The molecule has 1 heterocycles. The number of halogens is 1. The molecular weight excluding hydrogens is 302 g/mol. The molecule has 0 aliphatic carbocycles. The van der Waals surface area contributed by atoms with Crippen LogP contribution in [0.1, 0.15) is 33.6 Å². The van der Waals surface area contributed by atoms with Crippen molar-refractivity contribution in [1.82, 2.24) is 15.5 Å². The SMILES string of the molecule is CNCC1CCCN(C(=O)c2cccc(C(=O)NC)c2)C1.Cl. The summed E-state index contributed by atoms with van der Waals surface area (Å²) in [5, 5.41) is 5.76. The van der Waals surface area contributed by atoms with Crippen molar-refractivity contribution in [1.29, 1.82) is 0 Å². The Morgan fingerprint density at radius 1 is 1.27 bits per heavy atom. The summed E-state index contributed by atoms with van der Waals surface area (Å²) in [6.07, 6.45) is 2.19. The summed E-state index contributed by atoms with van der Waals surface area (Å²) in [7, 11) is 3.53. The number of benzene rings is 1. The molecule has 122 valence electrons. The summed E-state index contributed by atoms with van der Waals surface area (Å²) in [5.41, 5.74) is 1.10. The molecule has 1 aliphatic heterocycles. The van der Waals surface area contributed by atoms with Crippen molar-refractivity contribution in [2.45, 2.75) is 12.8 Å². The first-order valence-electron chi connectivity index (χ1n) is 7.41. The van der Waals surface area contributed by atoms with Gasteiger partial charge in [0, 0.05) is 31.3 Å². The number of piperidine rings is 1. The van der Waals surface area contributed by atoms with Gasteiger partial charge in [-0.05, 0) is 50.6 Å². The number of carbonyl (C=O) groups is 2. The minimum Gasteiger partial charge on any atom is -0.355 e. The van der Waals surface area contributed by atoms with Crippen LogP contribution in [0.25, 0.3) is 0 Å². The third-order valence-electron chi connectivity index (χ3n) is 3.90. The van der Waals surface area contributed by atoms with Gasteiger partial charge >= 0.3 is 0 Å². The lowest BCUT2D eigenvalue weighted by atomic mass is 9.97. The fourth-order valence-corrected chi connectivity index (χ4v) is 2.83. The molecule has 0 radical (unpaired) electrons. The van der Waals surface area contributed by atoms with E-state index in [9.17, 15) is 9.59 Å². The van der Waals surface area contributed by atoms with Crippen LogP contribution in [0.4, 0.5) is 0 Å². The van der Waals surface area contributed by atoms with Crippen molar-refractivity contribution < 1.29 is 9.59 Å². The third kappa shape index (κ3) is 4.45. The first-order valence-corrected chi connectivity index (χ1v) is 7.41. The van der Waals surface area contributed by atoms with Crippen molar-refractivity contribution >= 4 is 24.2 Å². The van der Waals surface area contributed by atoms with Gasteiger partial charge in [-0.15, -0.1) is 12.4 Å². The summed E-state index contributed by atoms with van der Waals surface area (Å²) in [4.78, 5) is 26.1. The zero-order chi connectivity index (χ0) is 15.2. The van der Waals surface area contributed by atoms with Crippen LogP contribution in [0.15, 0.2) is 24.3 Å². The average Bonchev–Trinajstić information content (AvgIpc) is 2.54. The Balaban J connectivity index is 0.00000242. The molecular formula is C16H24ClN3O2. The molecule has 6 heteroatoms. The summed E-state index contributed by atoms with van der Waals surface area (Å²) >= 11 is 0. The van der Waals surface area contributed by atoms with Crippen LogP contribution >= 0.6 is 12.4 Å². The van der Waals surface area contributed by atoms with Gasteiger partial charge in [-0.2, -0.15) is 0 Å². The van der Waals surface area contributed by atoms with E-state index in [1.165, 1.54) is 0 Å². The summed E-state index contributed by atoms with van der Waals surface area (Å²) in [6.45, 7) is 2.51. The number of amides is 2. The van der Waals surface area contributed by atoms with E-state index in [4.69, 9.17) is 0 Å². The molecule has 1 atom stereocenters. The summed E-state index contributed by atoms with van der Waals surface area (Å²) < 4.78 is 0. The molecule has 0 spiro atoms. The van der Waals surface area contributed by atoms with E-state index >= 15 is 0 Å². The van der Waals surface area contributed by atoms with Gasteiger partial charge in [0.15, 0.2) is 0 Å². The number of rotatable bonds is 4. The van der Waals surface area contributed by atoms with E-state index in [0.717, 1.165) is 32.5 Å². The van der Waals surface area contributed by atoms with E-state index in [1.54, 1.807) is 31.3 Å². The highest BCUT2D eigenvalue weighted by Crippen LogP contribution is 2.18. The van der Waals surface area contributed by atoms with Crippen molar-refractivity contribution in [2.24, 2.45) is 5.92 Å². The lowest BCUT2D eigenvalue weighted by Gasteiger charge is -2.32. The number of likely N-dealkylation sites (tertiary alicyclic amines) is 1. The van der Waals surface area contributed by atoms with Gasteiger partial charge < -0.3 is 15.5 Å². The topological polar surface area (TPSA) is 61.4 Å². The highest BCUT2D eigenvalue weighted by molar-refractivity contribution is 5.99. The van der Waals surface area contributed by atoms with Crippen LogP contribution in [-0.4, -0.2) is 50.4 Å². The molecule has 2 amide bonds. The minimum atomic E-state index is -0.170. The lowest BCUT2D eigenvalue weighted by molar-refractivity contribution is 0.0674. The Morgan fingerprint density at radius 2 is 2.00 bits per heavy atom. The molecule has 1 fully saturated rings. The molecule has 1 aromatic rings. The molecule has 1 aliphatic rings. The minimum absolute atomic E-state index is 0. The Labute approximate surface area is 137 Å². The quantitative estimate of drug-likeness (QED) is 0.882. The standard InChI is InChI=1S/C16H23N3O2.ClH/c1-17-10-12-5-4-8-19(11-12)16(21)14-7-3-6-13(9-14)15(20)18-2;/h3,6-7,9,12,17H,4-5,8,10-11H2,1-2H3,(H,18,20);1H. The van der Waals surface area contributed by atoms with E-state index < -0.39 is 0 Å². The number of nitrogens with zero attached hydrogens (tertiary/aromatic N) is 1. The largest absolute Gasteiger partial charge is 0.355 e. The third-order valence-corrected chi connectivity index (χ3v) is 3.90. The first kappa shape index (κ1) is 18.5. The maximum Gasteiger partial charge on any atom is 0.253 e. The smallest absolute Gasteiger partial charge is 0.253 e. The molecule has 2 rings (SSSR count). The predicted octanol–water partition coefficient (Wildman–Crippen LogP) is 1.54. The number of carbonyl (C=O) groups excluding carboxylic acids is 2. The molecule has 5 nitrogen and oxygen atoms in total. The van der Waals surface area contributed by atoms with Crippen molar-refractivity contribution in [3.05, 3.63) is 35.4 Å². The van der Waals surface area contributed by atoms with Gasteiger partial charge in [-0.25, -0.2) is 0 Å². The summed E-state index contributed by atoms with van der Waals surface area (Å²) in [6, 6.07) is 6.92. The van der Waals surface area contributed by atoms with Crippen molar-refractivity contribution in [2.75, 3.05) is 33.7 Å². The van der Waals surface area contributed by atoms with E-state index in [-0.39, 0.29) is 24.2 Å². The maximum atomic E-state index is 12.6. The molecule has 1 saturated heterocycles. The molecule has 0 aromatic heterocycles. The second kappa shape index (κ2) is 8.76. The average molecular weight is 326 g/mol. The normalized spacial score (nSPS) is 17.5. The monoisotopic (exact) mass is 325 g/mol. The fraction of sp³-hybridized carbons (Fsp3) is 0.500. The van der Waals surface area contributed by atoms with Gasteiger partial charge in [0.25, 0.3) is 11.8 Å². The Hall–Kier alpha value is -1.59. The highest BCUT2D eigenvalue weighted by atomic mass is 35.5. The van der Waals surface area contributed by atoms with Crippen molar-refractivity contribution in [3.63, 3.8) is 0 Å². The number of hydrogen-bond donors (Lipinski definition) is 2. The molecule has 22 heavy (non-hydrogen) atoms. The molecule has 1 aromatic carbocycles. The molecule has 2 N–H and O–H groups in total. The van der Waals surface area contributed by atoms with E-state index in [0.29, 0.717) is 17.0 Å². The van der Waals surface area contributed by atoms with Gasteiger partial charge in [0.1, 0.15) is 0 Å². The van der Waals surface area contributed by atoms with Crippen LogP contribution in [-0.2, 0) is 0 Å². The zero-order valence-electron chi connectivity index (χ0n) is 13.1. The Bertz CT molecular complexity index is 520. The van der Waals surface area contributed by atoms with Crippen LogP contribution in [0.2, 0.25) is 0 Å². The van der Waals surface area contributed by atoms with Gasteiger partial charge in [0.05, 0.1) is 0 Å². The second-order valence-corrected chi connectivity index (χ2v) is 5.48. The molecule has 0 saturated carbocycles. The Kier molecular flexibility index (Phi) is 7.35. The number of nitrogens with one attached hydrogen (secondary N) is 2. The van der Waals surface area contributed by atoms with Crippen molar-refractivity contribution in [3.8, 4) is 0 Å². The van der Waals surface area contributed by atoms with Gasteiger partial charge in [0.2, 0.25) is 0 Å². The van der Waals surface area contributed by atoms with Crippen LogP contribution in [0.3, 0.4) is 0 Å². The van der Waals surface area contributed by atoms with Crippen LogP contribution in [0.5, 0.6) is 0 Å². The van der Waals surface area contributed by atoms with E-state index in [1.807, 2.05) is 11.9 Å². The van der Waals surface area contributed by atoms with Gasteiger partial charge in [-0.3, -0.25) is 9.59 Å². The molecule has 0 bridgehead atoms. The highest BCUT2D eigenvalue weighted by Gasteiger charge is 2.24. The van der Waals surface area contributed by atoms with Gasteiger partial charge in [-0.1, -0.05) is 6.07 Å². The van der Waals surface area contributed by atoms with E-state index in [2.05, 4.69) is 10.6 Å². The lowest BCUT2D eigenvalue weighted by Crippen LogP contribution is -2.42.